The Labute approximate surface area is 240 Å². The number of carbonyl (C=O) groups is 3. The van der Waals surface area contributed by atoms with Crippen molar-refractivity contribution in [1.29, 1.82) is 0 Å². The van der Waals surface area contributed by atoms with Gasteiger partial charge in [0.2, 0.25) is 17.7 Å². The molecule has 0 spiro atoms. The van der Waals surface area contributed by atoms with Crippen LogP contribution >= 0.6 is 0 Å². The van der Waals surface area contributed by atoms with Crippen LogP contribution in [0.25, 0.3) is 10.9 Å². The van der Waals surface area contributed by atoms with Gasteiger partial charge in [0.15, 0.2) is 0 Å². The van der Waals surface area contributed by atoms with E-state index in [9.17, 15) is 14.4 Å². The van der Waals surface area contributed by atoms with E-state index >= 15 is 0 Å². The maximum Gasteiger partial charge on any atom is 0.228 e. The molecule has 1 aromatic carbocycles. The third-order valence-corrected chi connectivity index (χ3v) is 9.45. The van der Waals surface area contributed by atoms with Gasteiger partial charge in [-0.2, -0.15) is 0 Å². The Morgan fingerprint density at radius 1 is 1.20 bits per heavy atom. The molecule has 3 aliphatic heterocycles. The summed E-state index contributed by atoms with van der Waals surface area (Å²) >= 11 is 0. The summed E-state index contributed by atoms with van der Waals surface area (Å²) in [5.41, 5.74) is 2.25. The SMILES string of the molecule is COc1ccc2[nH]c3c(c2c1)CCN1C(=O)C(CC(=O)NCCCn2ccnc2)C[C@H](C(=O)N2CCCCC2)[C@@]31C. The number of rotatable bonds is 8. The number of ether oxygens (including phenoxy) is 1. The predicted molar refractivity (Wildman–Crippen MR) is 154 cm³/mol. The third kappa shape index (κ3) is 4.97. The van der Waals surface area contributed by atoms with Gasteiger partial charge in [0.25, 0.3) is 0 Å². The average Bonchev–Trinajstić information content (AvgIpc) is 3.65. The van der Waals surface area contributed by atoms with Crippen LogP contribution in [0.2, 0.25) is 0 Å². The molecular weight excluding hydrogens is 520 g/mol. The number of amides is 3. The third-order valence-electron chi connectivity index (χ3n) is 9.45. The van der Waals surface area contributed by atoms with Crippen molar-refractivity contribution in [1.82, 2.24) is 29.7 Å². The second-order valence-electron chi connectivity index (χ2n) is 11.9. The van der Waals surface area contributed by atoms with Gasteiger partial charge in [-0.1, -0.05) is 0 Å². The van der Waals surface area contributed by atoms with E-state index in [1.165, 1.54) is 0 Å². The number of nitrogens with one attached hydrogen (secondary N) is 2. The number of piperidine rings is 2. The molecule has 0 radical (unpaired) electrons. The molecule has 2 N–H and O–H groups in total. The number of aromatic amines is 1. The van der Waals surface area contributed by atoms with Crippen molar-refractivity contribution in [2.45, 2.75) is 64.0 Å². The highest BCUT2D eigenvalue weighted by Crippen LogP contribution is 2.50. The Morgan fingerprint density at radius 3 is 2.78 bits per heavy atom. The minimum atomic E-state index is -0.816. The molecule has 5 heterocycles. The van der Waals surface area contributed by atoms with Crippen LogP contribution in [0, 0.1) is 11.8 Å². The van der Waals surface area contributed by atoms with Crippen LogP contribution in [0.15, 0.2) is 36.9 Å². The van der Waals surface area contributed by atoms with Crippen molar-refractivity contribution in [2.75, 3.05) is 33.3 Å². The van der Waals surface area contributed by atoms with E-state index in [1.54, 1.807) is 19.6 Å². The first-order valence-electron chi connectivity index (χ1n) is 14.9. The monoisotopic (exact) mass is 560 g/mol. The zero-order chi connectivity index (χ0) is 28.6. The summed E-state index contributed by atoms with van der Waals surface area (Å²) in [6, 6.07) is 5.97. The quantitative estimate of drug-likeness (QED) is 0.411. The molecule has 2 fully saturated rings. The maximum atomic E-state index is 14.2. The summed E-state index contributed by atoms with van der Waals surface area (Å²) in [4.78, 5) is 52.8. The minimum absolute atomic E-state index is 0.0364. The summed E-state index contributed by atoms with van der Waals surface area (Å²) in [6.07, 6.45) is 10.4. The van der Waals surface area contributed by atoms with Gasteiger partial charge in [-0.15, -0.1) is 0 Å². The average molecular weight is 561 g/mol. The van der Waals surface area contributed by atoms with Crippen molar-refractivity contribution >= 4 is 28.6 Å². The van der Waals surface area contributed by atoms with Crippen LogP contribution in [0.5, 0.6) is 5.75 Å². The molecule has 0 bridgehead atoms. The zero-order valence-corrected chi connectivity index (χ0v) is 24.0. The van der Waals surface area contributed by atoms with Crippen LogP contribution in [-0.4, -0.2) is 75.3 Å². The number of imidazole rings is 1. The standard InChI is InChI=1S/C31H40N6O4/c1-31-25(30(40)36-13-4-3-5-14-36)17-21(18-27(38)33-10-6-12-35-16-11-32-20-35)29(39)37(31)15-9-23-24-19-22(41-2)7-8-26(24)34-28(23)31/h7-8,11,16,19-21,25,34H,3-6,9-10,12-15,17-18H2,1-2H3,(H,33,38)/t21?,25-,31+/m1/s1. The number of methoxy groups -OCH3 is 1. The van der Waals surface area contributed by atoms with Crippen molar-refractivity contribution < 1.29 is 19.1 Å². The number of likely N-dealkylation sites (tertiary alicyclic amines) is 1. The number of hydrogen-bond acceptors (Lipinski definition) is 5. The fourth-order valence-corrected chi connectivity index (χ4v) is 7.22. The highest BCUT2D eigenvalue weighted by Gasteiger charge is 2.57. The number of carbonyl (C=O) groups excluding carboxylic acids is 3. The first-order chi connectivity index (χ1) is 19.9. The molecule has 10 nitrogen and oxygen atoms in total. The van der Waals surface area contributed by atoms with Gasteiger partial charge in [0, 0.05) is 74.1 Å². The smallest absolute Gasteiger partial charge is 0.228 e. The highest BCUT2D eigenvalue weighted by atomic mass is 16.5. The summed E-state index contributed by atoms with van der Waals surface area (Å²) in [5, 5.41) is 4.07. The van der Waals surface area contributed by atoms with E-state index in [4.69, 9.17) is 4.74 Å². The van der Waals surface area contributed by atoms with Gasteiger partial charge in [0.1, 0.15) is 5.75 Å². The fourth-order valence-electron chi connectivity index (χ4n) is 7.22. The first kappa shape index (κ1) is 27.4. The van der Waals surface area contributed by atoms with Gasteiger partial charge < -0.3 is 29.4 Å². The van der Waals surface area contributed by atoms with Gasteiger partial charge >= 0.3 is 0 Å². The lowest BCUT2D eigenvalue weighted by Gasteiger charge is -2.54. The normalized spacial score (nSPS) is 24.2. The second kappa shape index (κ2) is 11.2. The Bertz CT molecular complexity index is 1430. The number of benzene rings is 1. The maximum absolute atomic E-state index is 14.2. The lowest BCUT2D eigenvalue weighted by Crippen LogP contribution is -2.64. The second-order valence-corrected chi connectivity index (χ2v) is 11.9. The van der Waals surface area contributed by atoms with Crippen LogP contribution in [0.3, 0.4) is 0 Å². The first-order valence-corrected chi connectivity index (χ1v) is 14.9. The number of hydrogen-bond donors (Lipinski definition) is 2. The molecule has 2 aromatic heterocycles. The van der Waals surface area contributed by atoms with Crippen molar-refractivity contribution in [3.63, 3.8) is 0 Å². The molecule has 2 saturated heterocycles. The van der Waals surface area contributed by atoms with Gasteiger partial charge in [0.05, 0.1) is 24.9 Å². The van der Waals surface area contributed by atoms with Crippen LogP contribution < -0.4 is 10.1 Å². The van der Waals surface area contributed by atoms with E-state index in [-0.39, 0.29) is 24.1 Å². The molecule has 6 rings (SSSR count). The molecular formula is C31H40N6O4. The predicted octanol–water partition coefficient (Wildman–Crippen LogP) is 3.22. The highest BCUT2D eigenvalue weighted by molar-refractivity contribution is 5.93. The molecule has 3 atom stereocenters. The molecule has 0 aliphatic carbocycles. The Hall–Kier alpha value is -3.82. The molecule has 1 unspecified atom stereocenters. The van der Waals surface area contributed by atoms with Gasteiger partial charge in [-0.05, 0) is 69.2 Å². The Balaban J connectivity index is 1.27. The van der Waals surface area contributed by atoms with Crippen LogP contribution in [-0.2, 0) is 32.9 Å². The molecule has 3 aromatic rings. The van der Waals surface area contributed by atoms with E-state index in [2.05, 4.69) is 22.2 Å². The number of nitrogens with zero attached hydrogens (tertiary/aromatic N) is 4. The molecule has 10 heteroatoms. The zero-order valence-electron chi connectivity index (χ0n) is 24.0. The summed E-state index contributed by atoms with van der Waals surface area (Å²) < 4.78 is 7.47. The lowest BCUT2D eigenvalue weighted by atomic mass is 9.67. The number of aryl methyl sites for hydroxylation is 1. The van der Waals surface area contributed by atoms with Crippen LogP contribution in [0.4, 0.5) is 0 Å². The molecule has 3 amide bonds. The number of aromatic nitrogens is 3. The van der Waals surface area contributed by atoms with Crippen molar-refractivity contribution in [3.05, 3.63) is 48.2 Å². The molecule has 0 saturated carbocycles. The number of fused-ring (bicyclic) bond motifs is 5. The Morgan fingerprint density at radius 2 is 2.02 bits per heavy atom. The molecule has 218 valence electrons. The topological polar surface area (TPSA) is 113 Å². The van der Waals surface area contributed by atoms with Gasteiger partial charge in [-0.3, -0.25) is 14.4 Å². The van der Waals surface area contributed by atoms with Crippen molar-refractivity contribution in [3.8, 4) is 5.75 Å². The summed E-state index contributed by atoms with van der Waals surface area (Å²) in [7, 11) is 1.66. The largest absolute Gasteiger partial charge is 0.497 e. The van der Waals surface area contributed by atoms with Crippen molar-refractivity contribution in [2.24, 2.45) is 11.8 Å². The molecule has 41 heavy (non-hydrogen) atoms. The fraction of sp³-hybridized carbons (Fsp3) is 0.548. The van der Waals surface area contributed by atoms with E-state index in [1.807, 2.05) is 38.8 Å². The molecule has 3 aliphatic rings. The minimum Gasteiger partial charge on any atom is -0.497 e. The number of H-pyrrole nitrogens is 1. The van der Waals surface area contributed by atoms with Crippen LogP contribution in [0.1, 0.15) is 56.7 Å². The van der Waals surface area contributed by atoms with E-state index in [0.717, 1.165) is 73.2 Å². The van der Waals surface area contributed by atoms with E-state index < -0.39 is 17.4 Å². The van der Waals surface area contributed by atoms with Gasteiger partial charge in [-0.25, -0.2) is 4.98 Å². The van der Waals surface area contributed by atoms with E-state index in [0.29, 0.717) is 25.9 Å². The lowest BCUT2D eigenvalue weighted by molar-refractivity contribution is -0.164. The summed E-state index contributed by atoms with van der Waals surface area (Å²) in [5.74, 6) is -0.265. The Kier molecular flexibility index (Phi) is 7.48. The summed E-state index contributed by atoms with van der Waals surface area (Å²) in [6.45, 7) is 5.35.